The minimum atomic E-state index is -2.94. The number of sulfone groups is 1. The third kappa shape index (κ3) is 4.29. The van der Waals surface area contributed by atoms with E-state index in [2.05, 4.69) is 10.3 Å². The summed E-state index contributed by atoms with van der Waals surface area (Å²) in [6.45, 7) is 3.73. The van der Waals surface area contributed by atoms with E-state index in [0.717, 1.165) is 11.4 Å². The Morgan fingerprint density at radius 1 is 1.53 bits per heavy atom. The monoisotopic (exact) mass is 228 g/mol. The Balaban J connectivity index is 2.67. The van der Waals surface area contributed by atoms with Gasteiger partial charge < -0.3 is 5.32 Å². The second kappa shape index (κ2) is 4.61. The Kier molecular flexibility index (Phi) is 3.68. The van der Waals surface area contributed by atoms with Crippen LogP contribution < -0.4 is 5.32 Å². The fourth-order valence-electron chi connectivity index (χ4n) is 1.40. The van der Waals surface area contributed by atoms with Crippen LogP contribution in [0.15, 0.2) is 18.3 Å². The second-order valence-electron chi connectivity index (χ2n) is 3.77. The summed E-state index contributed by atoms with van der Waals surface area (Å²) in [5, 5.41) is 3.13. The van der Waals surface area contributed by atoms with E-state index in [0.29, 0.717) is 0 Å². The third-order valence-electron chi connectivity index (χ3n) is 1.96. The van der Waals surface area contributed by atoms with E-state index < -0.39 is 9.84 Å². The number of anilines is 1. The van der Waals surface area contributed by atoms with Crippen LogP contribution in [-0.4, -0.2) is 31.5 Å². The van der Waals surface area contributed by atoms with E-state index >= 15 is 0 Å². The van der Waals surface area contributed by atoms with Crippen molar-refractivity contribution in [2.75, 3.05) is 17.3 Å². The molecule has 0 radical (unpaired) electrons. The number of nitrogens with one attached hydrogen (secondary N) is 1. The van der Waals surface area contributed by atoms with Crippen LogP contribution in [0, 0.1) is 6.92 Å². The number of pyridine rings is 1. The van der Waals surface area contributed by atoms with Crippen LogP contribution >= 0.6 is 0 Å². The predicted octanol–water partition coefficient (Wildman–Crippen LogP) is 1.24. The molecule has 1 heterocycles. The summed E-state index contributed by atoms with van der Waals surface area (Å²) in [4.78, 5) is 4.12. The first kappa shape index (κ1) is 12.0. The lowest BCUT2D eigenvalue weighted by Gasteiger charge is -2.15. The maximum Gasteiger partial charge on any atom is 0.149 e. The topological polar surface area (TPSA) is 59.1 Å². The molecule has 1 aromatic heterocycles. The summed E-state index contributed by atoms with van der Waals surface area (Å²) in [6, 6.07) is 3.60. The van der Waals surface area contributed by atoms with Crippen molar-refractivity contribution in [2.45, 2.75) is 19.9 Å². The van der Waals surface area contributed by atoms with Crippen molar-refractivity contribution >= 4 is 15.5 Å². The van der Waals surface area contributed by atoms with Gasteiger partial charge in [0.2, 0.25) is 0 Å². The lowest BCUT2D eigenvalue weighted by Crippen LogP contribution is -2.25. The highest BCUT2D eigenvalue weighted by atomic mass is 32.2. The first-order valence-corrected chi connectivity index (χ1v) is 6.80. The summed E-state index contributed by atoms with van der Waals surface area (Å²) < 4.78 is 22.1. The molecule has 15 heavy (non-hydrogen) atoms. The van der Waals surface area contributed by atoms with Gasteiger partial charge in [-0.05, 0) is 26.0 Å². The van der Waals surface area contributed by atoms with Gasteiger partial charge in [0.15, 0.2) is 0 Å². The lowest BCUT2D eigenvalue weighted by atomic mass is 10.3. The number of hydrogen-bond donors (Lipinski definition) is 1. The number of nitrogens with zero attached hydrogens (tertiary/aromatic N) is 1. The summed E-state index contributed by atoms with van der Waals surface area (Å²) in [5.41, 5.74) is 1.76. The molecule has 0 aromatic carbocycles. The Morgan fingerprint density at radius 2 is 2.20 bits per heavy atom. The van der Waals surface area contributed by atoms with Crippen molar-refractivity contribution < 1.29 is 8.42 Å². The molecule has 0 bridgehead atoms. The lowest BCUT2D eigenvalue weighted by molar-refractivity contribution is 0.598. The number of rotatable bonds is 4. The molecule has 0 amide bonds. The summed E-state index contributed by atoms with van der Waals surface area (Å²) in [6.07, 6.45) is 2.95. The van der Waals surface area contributed by atoms with Crippen molar-refractivity contribution in [3.05, 3.63) is 24.0 Å². The molecule has 0 fully saturated rings. The van der Waals surface area contributed by atoms with Crippen molar-refractivity contribution in [2.24, 2.45) is 0 Å². The number of hydrogen-bond acceptors (Lipinski definition) is 4. The maximum atomic E-state index is 11.1. The molecule has 0 saturated heterocycles. The minimum absolute atomic E-state index is 0.108. The Morgan fingerprint density at radius 3 is 2.73 bits per heavy atom. The van der Waals surface area contributed by atoms with Crippen molar-refractivity contribution in [1.82, 2.24) is 4.98 Å². The van der Waals surface area contributed by atoms with Gasteiger partial charge in [0, 0.05) is 18.5 Å². The van der Waals surface area contributed by atoms with Gasteiger partial charge >= 0.3 is 0 Å². The van der Waals surface area contributed by atoms with E-state index in [9.17, 15) is 8.42 Å². The zero-order chi connectivity index (χ0) is 11.5. The molecule has 1 rings (SSSR count). The molecular formula is C10H16N2O2S. The molecule has 1 atom stereocenters. The van der Waals surface area contributed by atoms with E-state index in [4.69, 9.17) is 0 Å². The van der Waals surface area contributed by atoms with Crippen molar-refractivity contribution in [1.29, 1.82) is 0 Å². The Bertz CT molecular complexity index is 429. The maximum absolute atomic E-state index is 11.1. The molecule has 0 saturated carbocycles. The van der Waals surface area contributed by atoms with Gasteiger partial charge in [-0.15, -0.1) is 0 Å². The third-order valence-corrected chi connectivity index (χ3v) is 3.07. The molecule has 1 N–H and O–H groups in total. The van der Waals surface area contributed by atoms with E-state index in [1.807, 2.05) is 26.0 Å². The Hall–Kier alpha value is -1.10. The summed E-state index contributed by atoms with van der Waals surface area (Å²) >= 11 is 0. The molecule has 0 spiro atoms. The summed E-state index contributed by atoms with van der Waals surface area (Å²) in [5.74, 6) is 0.126. The fourth-order valence-corrected chi connectivity index (χ4v) is 2.39. The van der Waals surface area contributed by atoms with Gasteiger partial charge in [-0.25, -0.2) is 8.42 Å². The molecule has 0 aliphatic heterocycles. The fraction of sp³-hybridized carbons (Fsp3) is 0.500. The molecule has 0 aliphatic rings. The van der Waals surface area contributed by atoms with Gasteiger partial charge in [-0.2, -0.15) is 0 Å². The molecule has 84 valence electrons. The zero-order valence-corrected chi connectivity index (χ0v) is 10.0. The number of aromatic nitrogens is 1. The standard InChI is InChI=1S/C10H16N2O2S/c1-8(7-15(3,13)14)12-10-5-4-6-11-9(10)2/h4-6,8,12H,7H2,1-3H3. The first-order chi connectivity index (χ1) is 6.88. The van der Waals surface area contributed by atoms with Crippen LogP contribution in [0.1, 0.15) is 12.6 Å². The van der Waals surface area contributed by atoms with Crippen LogP contribution in [0.25, 0.3) is 0 Å². The first-order valence-electron chi connectivity index (χ1n) is 4.74. The van der Waals surface area contributed by atoms with Crippen molar-refractivity contribution in [3.8, 4) is 0 Å². The average molecular weight is 228 g/mol. The minimum Gasteiger partial charge on any atom is -0.380 e. The highest BCUT2D eigenvalue weighted by molar-refractivity contribution is 7.90. The highest BCUT2D eigenvalue weighted by Gasteiger charge is 2.10. The van der Waals surface area contributed by atoms with Crippen LogP contribution in [0.4, 0.5) is 5.69 Å². The average Bonchev–Trinajstić information content (AvgIpc) is 2.05. The quantitative estimate of drug-likeness (QED) is 0.842. The molecule has 0 aliphatic carbocycles. The van der Waals surface area contributed by atoms with E-state index in [-0.39, 0.29) is 11.8 Å². The molecular weight excluding hydrogens is 212 g/mol. The van der Waals surface area contributed by atoms with Crippen LogP contribution in [-0.2, 0) is 9.84 Å². The molecule has 1 aromatic rings. The Labute approximate surface area is 90.7 Å². The summed E-state index contributed by atoms with van der Waals surface area (Å²) in [7, 11) is -2.94. The van der Waals surface area contributed by atoms with Crippen LogP contribution in [0.3, 0.4) is 0 Å². The molecule has 5 heteroatoms. The van der Waals surface area contributed by atoms with Gasteiger partial charge in [-0.1, -0.05) is 0 Å². The normalized spacial score (nSPS) is 13.5. The largest absolute Gasteiger partial charge is 0.380 e. The SMILES string of the molecule is Cc1ncccc1NC(C)CS(C)(=O)=O. The highest BCUT2D eigenvalue weighted by Crippen LogP contribution is 2.12. The van der Waals surface area contributed by atoms with E-state index in [1.54, 1.807) is 6.20 Å². The smallest absolute Gasteiger partial charge is 0.149 e. The van der Waals surface area contributed by atoms with Crippen LogP contribution in [0.2, 0.25) is 0 Å². The molecule has 4 nitrogen and oxygen atoms in total. The van der Waals surface area contributed by atoms with Gasteiger partial charge in [0.1, 0.15) is 9.84 Å². The second-order valence-corrected chi connectivity index (χ2v) is 5.96. The zero-order valence-electron chi connectivity index (χ0n) is 9.19. The van der Waals surface area contributed by atoms with Crippen LogP contribution in [0.5, 0.6) is 0 Å². The van der Waals surface area contributed by atoms with Gasteiger partial charge in [0.25, 0.3) is 0 Å². The van der Waals surface area contributed by atoms with Gasteiger partial charge in [0.05, 0.1) is 17.1 Å². The van der Waals surface area contributed by atoms with E-state index in [1.165, 1.54) is 6.26 Å². The number of aryl methyl sites for hydroxylation is 1. The molecule has 1 unspecified atom stereocenters. The van der Waals surface area contributed by atoms with Crippen molar-refractivity contribution in [3.63, 3.8) is 0 Å². The van der Waals surface area contributed by atoms with Gasteiger partial charge in [-0.3, -0.25) is 4.98 Å². The predicted molar refractivity (Wildman–Crippen MR) is 61.8 cm³/mol.